The van der Waals surface area contributed by atoms with Gasteiger partial charge in [-0.25, -0.2) is 4.79 Å². The van der Waals surface area contributed by atoms with Crippen molar-refractivity contribution in [3.05, 3.63) is 42.0 Å². The quantitative estimate of drug-likeness (QED) is 0.713. The summed E-state index contributed by atoms with van der Waals surface area (Å²) in [5.41, 5.74) is 0.778. The van der Waals surface area contributed by atoms with Crippen LogP contribution in [0, 0.1) is 0 Å². The van der Waals surface area contributed by atoms with Crippen LogP contribution in [0.1, 0.15) is 5.56 Å². The minimum Gasteiger partial charge on any atom is -0.489 e. The van der Waals surface area contributed by atoms with E-state index in [4.69, 9.17) is 14.9 Å². The Kier molecular flexibility index (Phi) is 3.88. The molecule has 0 aliphatic heterocycles. The van der Waals surface area contributed by atoms with Gasteiger partial charge in [-0.1, -0.05) is 18.7 Å². The van der Waals surface area contributed by atoms with Crippen LogP contribution < -0.4 is 4.74 Å². The van der Waals surface area contributed by atoms with Crippen LogP contribution in [0.2, 0.25) is 0 Å². The Balaban J connectivity index is 2.51. The lowest BCUT2D eigenvalue weighted by atomic mass is 10.2. The van der Waals surface area contributed by atoms with Crippen LogP contribution in [0.5, 0.6) is 5.75 Å². The smallest absolute Gasteiger partial charge is 0.334 e. The molecule has 0 aliphatic carbocycles. The monoisotopic (exact) mass is 208 g/mol. The second-order valence-electron chi connectivity index (χ2n) is 3.00. The van der Waals surface area contributed by atoms with Crippen molar-refractivity contribution in [2.24, 2.45) is 0 Å². The summed E-state index contributed by atoms with van der Waals surface area (Å²) in [6, 6.07) is 6.75. The highest BCUT2D eigenvalue weighted by molar-refractivity contribution is 5.86. The van der Waals surface area contributed by atoms with Gasteiger partial charge in [0.2, 0.25) is 0 Å². The third-order valence-electron chi connectivity index (χ3n) is 1.82. The molecular weight excluding hydrogens is 196 g/mol. The molecule has 2 N–H and O–H groups in total. The summed E-state index contributed by atoms with van der Waals surface area (Å²) >= 11 is 0. The van der Waals surface area contributed by atoms with Crippen LogP contribution in [0.25, 0.3) is 0 Å². The maximum absolute atomic E-state index is 10.4. The predicted octanol–water partition coefficient (Wildman–Crippen LogP) is 1.20. The SMILES string of the molecule is C=C(COc1ccc(CO)cc1)C(=O)O. The largest absolute Gasteiger partial charge is 0.489 e. The van der Waals surface area contributed by atoms with Gasteiger partial charge in [0, 0.05) is 0 Å². The summed E-state index contributed by atoms with van der Waals surface area (Å²) in [5.74, 6) is -0.517. The Morgan fingerprint density at radius 3 is 2.40 bits per heavy atom. The van der Waals surface area contributed by atoms with E-state index in [1.54, 1.807) is 24.3 Å². The Hall–Kier alpha value is -1.81. The number of hydrogen-bond donors (Lipinski definition) is 2. The summed E-state index contributed by atoms with van der Waals surface area (Å²) in [7, 11) is 0. The second-order valence-corrected chi connectivity index (χ2v) is 3.00. The number of aliphatic carboxylic acids is 1. The number of hydrogen-bond acceptors (Lipinski definition) is 3. The van der Waals surface area contributed by atoms with Crippen molar-refractivity contribution < 1.29 is 19.7 Å². The van der Waals surface area contributed by atoms with Crippen LogP contribution in [0.4, 0.5) is 0 Å². The van der Waals surface area contributed by atoms with Crippen LogP contribution in [-0.4, -0.2) is 22.8 Å². The van der Waals surface area contributed by atoms with Crippen molar-refractivity contribution in [2.45, 2.75) is 6.61 Å². The number of aliphatic hydroxyl groups excluding tert-OH is 1. The van der Waals surface area contributed by atoms with Gasteiger partial charge in [-0.2, -0.15) is 0 Å². The molecular formula is C11H12O4. The molecule has 0 atom stereocenters. The fourth-order valence-corrected chi connectivity index (χ4v) is 0.923. The molecule has 1 aromatic rings. The van der Waals surface area contributed by atoms with Gasteiger partial charge in [-0.05, 0) is 17.7 Å². The van der Waals surface area contributed by atoms with Crippen LogP contribution in [0.3, 0.4) is 0 Å². The number of carboxylic acid groups (broad SMARTS) is 1. The molecule has 0 amide bonds. The number of aliphatic hydroxyl groups is 1. The maximum Gasteiger partial charge on any atom is 0.334 e. The van der Waals surface area contributed by atoms with Gasteiger partial charge in [0.05, 0.1) is 12.2 Å². The third kappa shape index (κ3) is 3.44. The van der Waals surface area contributed by atoms with E-state index in [-0.39, 0.29) is 18.8 Å². The fraction of sp³-hybridized carbons (Fsp3) is 0.182. The first-order chi connectivity index (χ1) is 7.13. The maximum atomic E-state index is 10.4. The van der Waals surface area contributed by atoms with Gasteiger partial charge in [-0.3, -0.25) is 0 Å². The Labute approximate surface area is 87.4 Å². The molecule has 0 radical (unpaired) electrons. The van der Waals surface area contributed by atoms with Crippen molar-refractivity contribution in [2.75, 3.05) is 6.61 Å². The fourth-order valence-electron chi connectivity index (χ4n) is 0.923. The molecule has 1 aromatic carbocycles. The van der Waals surface area contributed by atoms with Crippen LogP contribution >= 0.6 is 0 Å². The minimum atomic E-state index is -1.07. The lowest BCUT2D eigenvalue weighted by molar-refractivity contribution is -0.133. The summed E-state index contributed by atoms with van der Waals surface area (Å²) in [5, 5.41) is 17.3. The van der Waals surface area contributed by atoms with E-state index < -0.39 is 5.97 Å². The van der Waals surface area contributed by atoms with E-state index in [0.717, 1.165) is 5.56 Å². The van der Waals surface area contributed by atoms with E-state index in [1.165, 1.54) is 0 Å². The number of rotatable bonds is 5. The van der Waals surface area contributed by atoms with Crippen molar-refractivity contribution in [1.29, 1.82) is 0 Å². The average molecular weight is 208 g/mol. The minimum absolute atomic E-state index is 0.00114. The van der Waals surface area contributed by atoms with Gasteiger partial charge in [-0.15, -0.1) is 0 Å². The first-order valence-electron chi connectivity index (χ1n) is 4.37. The molecule has 15 heavy (non-hydrogen) atoms. The zero-order valence-electron chi connectivity index (χ0n) is 8.14. The van der Waals surface area contributed by atoms with E-state index in [2.05, 4.69) is 6.58 Å². The number of ether oxygens (including phenoxy) is 1. The first kappa shape index (κ1) is 11.3. The molecule has 1 rings (SSSR count). The van der Waals surface area contributed by atoms with Gasteiger partial charge >= 0.3 is 5.97 Å². The van der Waals surface area contributed by atoms with Crippen molar-refractivity contribution >= 4 is 5.97 Å². The van der Waals surface area contributed by atoms with E-state index in [1.807, 2.05) is 0 Å². The lowest BCUT2D eigenvalue weighted by Crippen LogP contribution is -2.08. The highest BCUT2D eigenvalue weighted by Gasteiger charge is 2.04. The Morgan fingerprint density at radius 1 is 1.33 bits per heavy atom. The zero-order chi connectivity index (χ0) is 11.3. The number of carbonyl (C=O) groups is 1. The van der Waals surface area contributed by atoms with Crippen molar-refractivity contribution in [3.8, 4) is 5.75 Å². The number of benzene rings is 1. The Morgan fingerprint density at radius 2 is 1.93 bits per heavy atom. The van der Waals surface area contributed by atoms with Gasteiger partial charge < -0.3 is 14.9 Å². The van der Waals surface area contributed by atoms with Gasteiger partial charge in [0.25, 0.3) is 0 Å². The molecule has 0 fully saturated rings. The van der Waals surface area contributed by atoms with Crippen molar-refractivity contribution in [1.82, 2.24) is 0 Å². The second kappa shape index (κ2) is 5.17. The van der Waals surface area contributed by atoms with Crippen molar-refractivity contribution in [3.63, 3.8) is 0 Å². The molecule has 0 unspecified atom stereocenters. The summed E-state index contributed by atoms with van der Waals surface area (Å²) in [6.07, 6.45) is 0. The molecule has 0 saturated heterocycles. The highest BCUT2D eigenvalue weighted by Crippen LogP contribution is 2.12. The average Bonchev–Trinajstić information content (AvgIpc) is 2.26. The van der Waals surface area contributed by atoms with Gasteiger partial charge in [0.1, 0.15) is 12.4 Å². The van der Waals surface area contributed by atoms with Gasteiger partial charge in [0.15, 0.2) is 0 Å². The molecule has 0 saturated carbocycles. The highest BCUT2D eigenvalue weighted by atomic mass is 16.5. The Bertz CT molecular complexity index is 353. The molecule has 0 heterocycles. The summed E-state index contributed by atoms with van der Waals surface area (Å²) < 4.78 is 5.17. The number of carboxylic acids is 1. The molecule has 0 spiro atoms. The normalized spacial score (nSPS) is 9.67. The lowest BCUT2D eigenvalue weighted by Gasteiger charge is -2.06. The summed E-state index contributed by atoms with van der Waals surface area (Å²) in [4.78, 5) is 10.4. The standard InChI is InChI=1S/C11H12O4/c1-8(11(13)14)7-15-10-4-2-9(6-12)3-5-10/h2-5,12H,1,6-7H2,(H,13,14). The molecule has 4 nitrogen and oxygen atoms in total. The molecule has 0 bridgehead atoms. The van der Waals surface area contributed by atoms with Crippen LogP contribution in [-0.2, 0) is 11.4 Å². The predicted molar refractivity (Wildman–Crippen MR) is 54.6 cm³/mol. The molecule has 4 heteroatoms. The molecule has 0 aromatic heterocycles. The van der Waals surface area contributed by atoms with E-state index in [0.29, 0.717) is 5.75 Å². The van der Waals surface area contributed by atoms with E-state index >= 15 is 0 Å². The zero-order valence-corrected chi connectivity index (χ0v) is 8.14. The summed E-state index contributed by atoms with van der Waals surface area (Å²) in [6.45, 7) is 3.26. The first-order valence-corrected chi connectivity index (χ1v) is 4.37. The molecule has 0 aliphatic rings. The topological polar surface area (TPSA) is 66.8 Å². The third-order valence-corrected chi connectivity index (χ3v) is 1.82. The molecule has 80 valence electrons. The van der Waals surface area contributed by atoms with E-state index in [9.17, 15) is 4.79 Å². The van der Waals surface area contributed by atoms with Crippen LogP contribution in [0.15, 0.2) is 36.4 Å².